The normalized spacial score (nSPS) is 15.4. The minimum atomic E-state index is 0.366. The van der Waals surface area contributed by atoms with Crippen LogP contribution in [0.3, 0.4) is 0 Å². The second-order valence-corrected chi connectivity index (χ2v) is 6.55. The molecule has 0 aromatic carbocycles. The maximum Gasteiger partial charge on any atom is 0.144 e. The number of fused-ring (bicyclic) bond motifs is 1. The molecule has 3 aromatic rings. The van der Waals surface area contributed by atoms with Crippen LogP contribution in [-0.2, 0) is 6.42 Å². The van der Waals surface area contributed by atoms with Gasteiger partial charge in [0.25, 0.3) is 0 Å². The summed E-state index contributed by atoms with van der Waals surface area (Å²) >= 11 is 0. The quantitative estimate of drug-likeness (QED) is 0.763. The number of nitrogens with one attached hydrogen (secondary N) is 1. The molecule has 6 heteroatoms. The SMILES string of the molecule is Cc1ccc(-c2cc(NCCc3ccnc4c3OC[C@H]4C)ncn2)cn1. The number of pyridine rings is 2. The lowest BCUT2D eigenvalue weighted by molar-refractivity contribution is 0.334. The van der Waals surface area contributed by atoms with Crippen molar-refractivity contribution in [2.75, 3.05) is 18.5 Å². The van der Waals surface area contributed by atoms with Gasteiger partial charge in [0.2, 0.25) is 0 Å². The van der Waals surface area contributed by atoms with Gasteiger partial charge < -0.3 is 10.1 Å². The van der Waals surface area contributed by atoms with Crippen LogP contribution in [0.2, 0.25) is 0 Å². The van der Waals surface area contributed by atoms with E-state index in [1.165, 1.54) is 5.56 Å². The van der Waals surface area contributed by atoms with E-state index in [2.05, 4.69) is 32.2 Å². The third-order valence-electron chi connectivity index (χ3n) is 4.53. The maximum absolute atomic E-state index is 5.81. The molecular weight excluding hydrogens is 326 g/mol. The van der Waals surface area contributed by atoms with Crippen LogP contribution < -0.4 is 10.1 Å². The summed E-state index contributed by atoms with van der Waals surface area (Å²) in [4.78, 5) is 17.4. The van der Waals surface area contributed by atoms with Crippen LogP contribution in [0, 0.1) is 6.92 Å². The summed E-state index contributed by atoms with van der Waals surface area (Å²) in [6.07, 6.45) is 6.13. The molecule has 3 aromatic heterocycles. The van der Waals surface area contributed by atoms with E-state index in [9.17, 15) is 0 Å². The van der Waals surface area contributed by atoms with Gasteiger partial charge in [-0.25, -0.2) is 9.97 Å². The molecule has 0 unspecified atom stereocenters. The molecule has 0 aliphatic carbocycles. The van der Waals surface area contributed by atoms with Crippen molar-refractivity contribution in [1.82, 2.24) is 19.9 Å². The first-order valence-electron chi connectivity index (χ1n) is 8.80. The number of nitrogens with zero attached hydrogens (tertiary/aromatic N) is 4. The monoisotopic (exact) mass is 347 g/mol. The highest BCUT2D eigenvalue weighted by Gasteiger charge is 2.23. The number of hydrogen-bond acceptors (Lipinski definition) is 6. The van der Waals surface area contributed by atoms with Gasteiger partial charge in [0, 0.05) is 42.2 Å². The van der Waals surface area contributed by atoms with Crippen molar-refractivity contribution in [3.05, 3.63) is 59.9 Å². The lowest BCUT2D eigenvalue weighted by atomic mass is 10.1. The zero-order valence-corrected chi connectivity index (χ0v) is 14.9. The molecule has 4 heterocycles. The van der Waals surface area contributed by atoms with Gasteiger partial charge in [-0.1, -0.05) is 6.92 Å². The third-order valence-corrected chi connectivity index (χ3v) is 4.53. The van der Waals surface area contributed by atoms with Crippen LogP contribution >= 0.6 is 0 Å². The Kier molecular flexibility index (Phi) is 4.48. The van der Waals surface area contributed by atoms with Crippen molar-refractivity contribution in [2.45, 2.75) is 26.2 Å². The van der Waals surface area contributed by atoms with Crippen LogP contribution in [0.1, 0.15) is 29.8 Å². The highest BCUT2D eigenvalue weighted by Crippen LogP contribution is 2.34. The van der Waals surface area contributed by atoms with E-state index >= 15 is 0 Å². The van der Waals surface area contributed by atoms with Gasteiger partial charge in [0.1, 0.15) is 17.9 Å². The van der Waals surface area contributed by atoms with Crippen LogP contribution in [0.25, 0.3) is 11.3 Å². The molecule has 0 bridgehead atoms. The Balaban J connectivity index is 1.43. The zero-order chi connectivity index (χ0) is 17.9. The minimum absolute atomic E-state index is 0.366. The molecule has 1 aliphatic heterocycles. The number of hydrogen-bond donors (Lipinski definition) is 1. The van der Waals surface area contributed by atoms with Gasteiger partial charge in [0.05, 0.1) is 18.0 Å². The summed E-state index contributed by atoms with van der Waals surface area (Å²) in [5, 5.41) is 3.37. The number of anilines is 1. The smallest absolute Gasteiger partial charge is 0.144 e. The van der Waals surface area contributed by atoms with Crippen LogP contribution in [-0.4, -0.2) is 33.1 Å². The lowest BCUT2D eigenvalue weighted by Crippen LogP contribution is -2.07. The van der Waals surface area contributed by atoms with Crippen molar-refractivity contribution < 1.29 is 4.74 Å². The van der Waals surface area contributed by atoms with Crippen LogP contribution in [0.15, 0.2) is 43.0 Å². The second kappa shape index (κ2) is 7.07. The van der Waals surface area contributed by atoms with Crippen LogP contribution in [0.4, 0.5) is 5.82 Å². The average molecular weight is 347 g/mol. The third kappa shape index (κ3) is 3.35. The van der Waals surface area contributed by atoms with E-state index in [0.717, 1.165) is 47.2 Å². The molecule has 1 N–H and O–H groups in total. The van der Waals surface area contributed by atoms with E-state index in [1.54, 1.807) is 6.33 Å². The molecule has 26 heavy (non-hydrogen) atoms. The Labute approximate surface area is 152 Å². The van der Waals surface area contributed by atoms with Gasteiger partial charge in [-0.05, 0) is 37.1 Å². The van der Waals surface area contributed by atoms with Gasteiger partial charge in [0.15, 0.2) is 0 Å². The molecule has 132 valence electrons. The fraction of sp³-hybridized carbons (Fsp3) is 0.300. The van der Waals surface area contributed by atoms with Crippen molar-refractivity contribution in [3.8, 4) is 17.0 Å². The molecule has 1 aliphatic rings. The maximum atomic E-state index is 5.81. The summed E-state index contributed by atoms with van der Waals surface area (Å²) in [7, 11) is 0. The predicted octanol–water partition coefficient (Wildman–Crippen LogP) is 3.39. The Morgan fingerprint density at radius 1 is 1.15 bits per heavy atom. The largest absolute Gasteiger partial charge is 0.491 e. The number of rotatable bonds is 5. The number of aromatic nitrogens is 4. The molecule has 4 rings (SSSR count). The van der Waals surface area contributed by atoms with E-state index in [0.29, 0.717) is 12.5 Å². The molecule has 6 nitrogen and oxygen atoms in total. The molecule has 1 atom stereocenters. The summed E-state index contributed by atoms with van der Waals surface area (Å²) < 4.78 is 5.81. The van der Waals surface area contributed by atoms with Crippen molar-refractivity contribution in [1.29, 1.82) is 0 Å². The molecule has 0 saturated carbocycles. The van der Waals surface area contributed by atoms with Crippen molar-refractivity contribution >= 4 is 5.82 Å². The fourth-order valence-corrected chi connectivity index (χ4v) is 3.06. The molecular formula is C20H21N5O. The second-order valence-electron chi connectivity index (χ2n) is 6.55. The first-order chi connectivity index (χ1) is 12.7. The van der Waals surface area contributed by atoms with E-state index in [4.69, 9.17) is 4.74 Å². The van der Waals surface area contributed by atoms with E-state index in [-0.39, 0.29) is 0 Å². The lowest BCUT2D eigenvalue weighted by Gasteiger charge is -2.09. The minimum Gasteiger partial charge on any atom is -0.491 e. The molecule has 0 amide bonds. The van der Waals surface area contributed by atoms with Crippen molar-refractivity contribution in [3.63, 3.8) is 0 Å². The number of ether oxygens (including phenoxy) is 1. The van der Waals surface area contributed by atoms with E-state index < -0.39 is 0 Å². The van der Waals surface area contributed by atoms with E-state index in [1.807, 2.05) is 43.6 Å². The molecule has 0 spiro atoms. The first kappa shape index (κ1) is 16.4. The number of aryl methyl sites for hydroxylation is 1. The summed E-state index contributed by atoms with van der Waals surface area (Å²) in [6, 6.07) is 7.98. The first-order valence-corrected chi connectivity index (χ1v) is 8.80. The zero-order valence-electron chi connectivity index (χ0n) is 14.9. The van der Waals surface area contributed by atoms with Crippen molar-refractivity contribution in [2.24, 2.45) is 0 Å². The standard InChI is InChI=1S/C20H21N5O/c1-13-11-26-20-15(6-8-22-19(13)20)5-7-21-18-9-17(24-12-25-18)16-4-3-14(2)23-10-16/h3-4,6,8-10,12-13H,5,7,11H2,1-2H3,(H,21,24,25)/t13-/m1/s1. The van der Waals surface area contributed by atoms with Gasteiger partial charge >= 0.3 is 0 Å². The molecule has 0 radical (unpaired) electrons. The van der Waals surface area contributed by atoms with Gasteiger partial charge in [-0.2, -0.15) is 0 Å². The predicted molar refractivity (Wildman–Crippen MR) is 100 cm³/mol. The van der Waals surface area contributed by atoms with Gasteiger partial charge in [-0.15, -0.1) is 0 Å². The Morgan fingerprint density at radius 3 is 2.92 bits per heavy atom. The average Bonchev–Trinajstić information content (AvgIpc) is 3.05. The molecule has 0 saturated heterocycles. The highest BCUT2D eigenvalue weighted by atomic mass is 16.5. The summed E-state index contributed by atoms with van der Waals surface area (Å²) in [5.41, 5.74) is 5.08. The van der Waals surface area contributed by atoms with Gasteiger partial charge in [-0.3, -0.25) is 9.97 Å². The Hall–Kier alpha value is -3.02. The summed E-state index contributed by atoms with van der Waals surface area (Å²) in [5.74, 6) is 2.12. The van der Waals surface area contributed by atoms with Crippen LogP contribution in [0.5, 0.6) is 5.75 Å². The Bertz CT molecular complexity index is 910. The summed E-state index contributed by atoms with van der Waals surface area (Å²) in [6.45, 7) is 5.59. The topological polar surface area (TPSA) is 72.8 Å². The highest BCUT2D eigenvalue weighted by molar-refractivity contribution is 5.61. The molecule has 0 fully saturated rings. The Morgan fingerprint density at radius 2 is 2.08 bits per heavy atom. The fourth-order valence-electron chi connectivity index (χ4n) is 3.06.